The van der Waals surface area contributed by atoms with E-state index in [1.54, 1.807) is 17.1 Å². The second kappa shape index (κ2) is 10.4. The number of carbonyl (C=O) groups is 2. The van der Waals surface area contributed by atoms with Crippen molar-refractivity contribution in [2.24, 2.45) is 0 Å². The first-order valence-electron chi connectivity index (χ1n) is 3.06. The predicted molar refractivity (Wildman–Crippen MR) is 47.8 cm³/mol. The van der Waals surface area contributed by atoms with E-state index in [1.165, 1.54) is 17.1 Å². The summed E-state index contributed by atoms with van der Waals surface area (Å²) in [6, 6.07) is 0. The average Bonchev–Trinajstić information content (AvgIpc) is 2.13. The number of hydrogen-bond donors (Lipinski definition) is 1. The number of allylic oxidation sites excluding steroid dienone is 4. The molecule has 1 aliphatic rings. The fourth-order valence-corrected chi connectivity index (χ4v) is 0.450. The van der Waals surface area contributed by atoms with E-state index in [-0.39, 0.29) is 0 Å². The molecule has 0 spiro atoms. The standard InChI is InChI=1S/C6H4O2.HN3.N3/c7-5-3-1-2-4-6(5)8;2*1-3-2/h1-4H;1H;/q;;-1. The van der Waals surface area contributed by atoms with E-state index in [0.29, 0.717) is 0 Å². The molecule has 0 saturated carbocycles. The second-order valence-corrected chi connectivity index (χ2v) is 1.64. The number of nitrogens with zero attached hydrogens (tertiary/aromatic N) is 5. The molecule has 0 amide bonds. The van der Waals surface area contributed by atoms with Gasteiger partial charge in [-0.2, -0.15) is 0 Å². The maximum absolute atomic E-state index is 10.3. The Balaban J connectivity index is 0. The van der Waals surface area contributed by atoms with E-state index in [4.69, 9.17) is 22.1 Å². The summed E-state index contributed by atoms with van der Waals surface area (Å²) in [5.41, 5.74) is 25.8. The Morgan fingerprint density at radius 1 is 1.00 bits per heavy atom. The first-order chi connectivity index (χ1) is 6.63. The van der Waals surface area contributed by atoms with Gasteiger partial charge < -0.3 is 11.1 Å². The highest BCUT2D eigenvalue weighted by molar-refractivity contribution is 6.46. The van der Waals surface area contributed by atoms with Gasteiger partial charge in [0, 0.05) is 0 Å². The Morgan fingerprint density at radius 3 is 1.36 bits per heavy atom. The highest BCUT2D eigenvalue weighted by Gasteiger charge is 2.06. The van der Waals surface area contributed by atoms with Crippen molar-refractivity contribution >= 4 is 11.6 Å². The lowest BCUT2D eigenvalue weighted by Crippen LogP contribution is -2.08. The molecule has 1 N–H and O–H groups in total. The predicted octanol–water partition coefficient (Wildman–Crippen LogP) is 1.99. The summed E-state index contributed by atoms with van der Waals surface area (Å²) in [7, 11) is 0. The number of nitrogens with one attached hydrogen (secondary N) is 1. The smallest absolute Gasteiger partial charge is 0.225 e. The highest BCUT2D eigenvalue weighted by Crippen LogP contribution is 1.90. The van der Waals surface area contributed by atoms with Gasteiger partial charge in [-0.15, -0.1) is 5.53 Å². The van der Waals surface area contributed by atoms with Crippen LogP contribution in [-0.2, 0) is 9.59 Å². The Kier molecular flexibility index (Phi) is 10.4. The summed E-state index contributed by atoms with van der Waals surface area (Å²) in [5.74, 6) is -0.875. The minimum atomic E-state index is -0.437. The number of carbonyl (C=O) groups excluding carboxylic acids is 2. The normalized spacial score (nSPS) is 11.1. The Bertz CT molecular complexity index is 296. The molecule has 0 atom stereocenters. The quantitative estimate of drug-likeness (QED) is 0.205. The lowest BCUT2D eigenvalue weighted by Gasteiger charge is -1.88. The third kappa shape index (κ3) is 9.44. The molecule has 0 heterocycles. The SMILES string of the molecule is O=C1C=CC=CC1=O.[N-]=[N+]=N.[N-]=[N+]=[N-]. The minimum Gasteiger partial charge on any atom is -0.373 e. The van der Waals surface area contributed by atoms with Crippen LogP contribution in [0.15, 0.2) is 24.3 Å². The number of hydrogen-bond acceptors (Lipinski definition) is 3. The molecule has 1 aliphatic carbocycles. The third-order valence-electron chi connectivity index (χ3n) is 0.849. The van der Waals surface area contributed by atoms with Crippen molar-refractivity contribution in [2.45, 2.75) is 0 Å². The Labute approximate surface area is 78.4 Å². The maximum atomic E-state index is 10.3. The van der Waals surface area contributed by atoms with Crippen LogP contribution in [0.4, 0.5) is 0 Å². The first-order valence-corrected chi connectivity index (χ1v) is 3.06. The van der Waals surface area contributed by atoms with Crippen LogP contribution >= 0.6 is 0 Å². The van der Waals surface area contributed by atoms with Gasteiger partial charge in [0.25, 0.3) is 0 Å². The molecule has 0 saturated heterocycles. The summed E-state index contributed by atoms with van der Waals surface area (Å²) < 4.78 is 0. The van der Waals surface area contributed by atoms with Crippen LogP contribution in [0.5, 0.6) is 0 Å². The monoisotopic (exact) mass is 193 g/mol. The molecule has 0 unspecified atom stereocenters. The molecule has 0 radical (unpaired) electrons. The summed E-state index contributed by atoms with van der Waals surface area (Å²) in [6.07, 6.45) is 5.60. The zero-order chi connectivity index (χ0) is 11.4. The van der Waals surface area contributed by atoms with E-state index < -0.39 is 11.6 Å². The molecule has 0 aliphatic heterocycles. The molecule has 14 heavy (non-hydrogen) atoms. The zero-order valence-electron chi connectivity index (χ0n) is 6.86. The van der Waals surface area contributed by atoms with Gasteiger partial charge in [0.15, 0.2) is 0 Å². The lowest BCUT2D eigenvalue weighted by atomic mass is 10.1. The van der Waals surface area contributed by atoms with Crippen LogP contribution in [0.3, 0.4) is 0 Å². The van der Waals surface area contributed by atoms with Crippen LogP contribution in [0.2, 0.25) is 0 Å². The van der Waals surface area contributed by atoms with E-state index in [9.17, 15) is 9.59 Å². The zero-order valence-corrected chi connectivity index (χ0v) is 6.86. The van der Waals surface area contributed by atoms with Gasteiger partial charge >= 0.3 is 0 Å². The Morgan fingerprint density at radius 2 is 1.21 bits per heavy atom. The van der Waals surface area contributed by atoms with E-state index in [0.717, 1.165) is 0 Å². The molecule has 0 aromatic rings. The van der Waals surface area contributed by atoms with Gasteiger partial charge in [0.05, 0.1) is 0 Å². The van der Waals surface area contributed by atoms with Crippen molar-refractivity contribution in [1.29, 1.82) is 5.53 Å². The van der Waals surface area contributed by atoms with Crippen LogP contribution < -0.4 is 0 Å². The fraction of sp³-hybridized carbons (Fsp3) is 0. The Hall–Kier alpha value is -2.56. The largest absolute Gasteiger partial charge is 0.373 e. The van der Waals surface area contributed by atoms with Crippen molar-refractivity contribution in [3.05, 3.63) is 50.7 Å². The highest BCUT2D eigenvalue weighted by atomic mass is 16.2. The molecule has 8 heteroatoms. The maximum Gasteiger partial charge on any atom is 0.225 e. The average molecular weight is 193 g/mol. The van der Waals surface area contributed by atoms with Gasteiger partial charge in [0.1, 0.15) is 0 Å². The van der Waals surface area contributed by atoms with E-state index >= 15 is 0 Å². The van der Waals surface area contributed by atoms with E-state index in [1.807, 2.05) is 0 Å². The number of ketones is 2. The van der Waals surface area contributed by atoms with Crippen molar-refractivity contribution < 1.29 is 9.59 Å². The van der Waals surface area contributed by atoms with Crippen molar-refractivity contribution in [3.63, 3.8) is 0 Å². The molecule has 72 valence electrons. The summed E-state index contributed by atoms with van der Waals surface area (Å²) in [4.78, 5) is 23.9. The van der Waals surface area contributed by atoms with Crippen LogP contribution in [0.25, 0.3) is 26.4 Å². The molecular formula is C6H5N6O2-. The molecule has 0 aromatic heterocycles. The van der Waals surface area contributed by atoms with Crippen molar-refractivity contribution in [2.75, 3.05) is 0 Å². The molecule has 0 bridgehead atoms. The van der Waals surface area contributed by atoms with Gasteiger partial charge in [-0.1, -0.05) is 12.2 Å². The fourth-order valence-electron chi connectivity index (χ4n) is 0.450. The summed E-state index contributed by atoms with van der Waals surface area (Å²) in [5, 5.41) is 0. The van der Waals surface area contributed by atoms with E-state index in [2.05, 4.69) is 0 Å². The minimum absolute atomic E-state index is 0.437. The third-order valence-corrected chi connectivity index (χ3v) is 0.849. The topological polar surface area (TPSA) is 153 Å². The molecule has 0 aromatic carbocycles. The van der Waals surface area contributed by atoms with Gasteiger partial charge in [-0.25, -0.2) is 0 Å². The van der Waals surface area contributed by atoms with Crippen molar-refractivity contribution in [3.8, 4) is 0 Å². The molecule has 1 rings (SSSR count). The van der Waals surface area contributed by atoms with Crippen molar-refractivity contribution in [1.82, 2.24) is 0 Å². The number of rotatable bonds is 0. The molecular weight excluding hydrogens is 188 g/mol. The van der Waals surface area contributed by atoms with Gasteiger partial charge in [-0.05, 0) is 22.6 Å². The molecule has 0 fully saturated rings. The first kappa shape index (κ1) is 14.0. The van der Waals surface area contributed by atoms with Gasteiger partial charge in [0.2, 0.25) is 11.6 Å². The van der Waals surface area contributed by atoms with Crippen LogP contribution in [0.1, 0.15) is 0 Å². The summed E-state index contributed by atoms with van der Waals surface area (Å²) >= 11 is 0. The molecule has 8 nitrogen and oxygen atoms in total. The lowest BCUT2D eigenvalue weighted by molar-refractivity contribution is -0.131. The van der Waals surface area contributed by atoms with Crippen LogP contribution in [-0.4, -0.2) is 11.6 Å². The summed E-state index contributed by atoms with van der Waals surface area (Å²) in [6.45, 7) is 0. The van der Waals surface area contributed by atoms with Crippen LogP contribution in [0, 0.1) is 5.53 Å². The second-order valence-electron chi connectivity index (χ2n) is 1.64. The van der Waals surface area contributed by atoms with Gasteiger partial charge in [-0.3, -0.25) is 14.5 Å².